The summed E-state index contributed by atoms with van der Waals surface area (Å²) in [6, 6.07) is 20.0. The molecule has 132 valence electrons. The minimum atomic E-state index is -0.640. The molecule has 0 spiro atoms. The van der Waals surface area contributed by atoms with Gasteiger partial charge >= 0.3 is 0 Å². The number of hydrogen-bond acceptors (Lipinski definition) is 4. The molecule has 5 heteroatoms. The van der Waals surface area contributed by atoms with Gasteiger partial charge in [0.15, 0.2) is 5.78 Å². The molecule has 0 bridgehead atoms. The molecule has 1 unspecified atom stereocenters. The molecule has 1 atom stereocenters. The number of amides is 1. The first-order valence-electron chi connectivity index (χ1n) is 8.09. The number of Topliss-reactive ketones (excluding diaryl/α,β-unsaturated/α-hetero) is 1. The van der Waals surface area contributed by atoms with E-state index >= 15 is 0 Å². The molecule has 3 nitrogen and oxygen atoms in total. The summed E-state index contributed by atoms with van der Waals surface area (Å²) in [6.07, 6.45) is 0. The average Bonchev–Trinajstić information content (AvgIpc) is 2.63. The van der Waals surface area contributed by atoms with Crippen LogP contribution in [0.2, 0.25) is 0 Å². The molecular weight excluding hydrogens is 350 g/mol. The highest BCUT2D eigenvalue weighted by Gasteiger charge is 2.28. The van der Waals surface area contributed by atoms with Crippen LogP contribution in [-0.4, -0.2) is 41.7 Å². The van der Waals surface area contributed by atoms with E-state index in [1.165, 1.54) is 22.2 Å². The fraction of sp³-hybridized carbons (Fsp3) is 0.300. The zero-order valence-electron chi connectivity index (χ0n) is 14.6. The van der Waals surface area contributed by atoms with Gasteiger partial charge < -0.3 is 4.90 Å². The summed E-state index contributed by atoms with van der Waals surface area (Å²) < 4.78 is 0. The molecule has 0 radical (unpaired) electrons. The van der Waals surface area contributed by atoms with Crippen LogP contribution in [0.1, 0.15) is 11.1 Å². The van der Waals surface area contributed by atoms with Crippen molar-refractivity contribution in [3.05, 3.63) is 71.8 Å². The molecule has 0 fully saturated rings. The molecule has 2 aromatic carbocycles. The summed E-state index contributed by atoms with van der Waals surface area (Å²) in [5, 5.41) is -0.640. The molecule has 25 heavy (non-hydrogen) atoms. The maximum absolute atomic E-state index is 12.6. The van der Waals surface area contributed by atoms with Crippen LogP contribution in [0.15, 0.2) is 60.7 Å². The number of ketones is 1. The minimum Gasteiger partial charge on any atom is -0.347 e. The molecule has 0 aliphatic heterocycles. The predicted molar refractivity (Wildman–Crippen MR) is 108 cm³/mol. The first kappa shape index (κ1) is 19.6. The lowest BCUT2D eigenvalue weighted by Crippen LogP contribution is -2.38. The third-order valence-electron chi connectivity index (χ3n) is 3.57. The lowest BCUT2D eigenvalue weighted by molar-refractivity contribution is -0.131. The maximum atomic E-state index is 12.6. The van der Waals surface area contributed by atoms with Crippen LogP contribution >= 0.6 is 23.5 Å². The summed E-state index contributed by atoms with van der Waals surface area (Å²) in [5.41, 5.74) is 2.31. The van der Waals surface area contributed by atoms with E-state index in [0.29, 0.717) is 11.5 Å². The highest BCUT2D eigenvalue weighted by atomic mass is 32.2. The molecule has 0 aromatic heterocycles. The van der Waals surface area contributed by atoms with E-state index in [-0.39, 0.29) is 11.7 Å². The zero-order chi connectivity index (χ0) is 18.1. The topological polar surface area (TPSA) is 37.4 Å². The van der Waals surface area contributed by atoms with Gasteiger partial charge in [0, 0.05) is 25.6 Å². The fourth-order valence-electron chi connectivity index (χ4n) is 2.21. The predicted octanol–water partition coefficient (Wildman–Crippen LogP) is 3.88. The van der Waals surface area contributed by atoms with E-state index in [0.717, 1.165) is 11.3 Å². The zero-order valence-corrected chi connectivity index (χ0v) is 16.2. The van der Waals surface area contributed by atoms with E-state index in [9.17, 15) is 9.59 Å². The fourth-order valence-corrected chi connectivity index (χ4v) is 4.39. The standard InChI is InChI=1S/C20H23NO2S2/c1-21(2)20(23)19(25-14-17-11-7-4-8-12-17)18(22)15-24-13-16-9-5-3-6-10-16/h3-12,19H,13-15H2,1-2H3. The third kappa shape index (κ3) is 6.59. The lowest BCUT2D eigenvalue weighted by Gasteiger charge is -2.19. The molecule has 2 aromatic rings. The van der Waals surface area contributed by atoms with Crippen LogP contribution in [0.4, 0.5) is 0 Å². The number of hydrogen-bond donors (Lipinski definition) is 0. The second-order valence-electron chi connectivity index (χ2n) is 5.85. The number of thioether (sulfide) groups is 2. The number of carbonyl (C=O) groups excluding carboxylic acids is 2. The van der Waals surface area contributed by atoms with Crippen LogP contribution in [0, 0.1) is 0 Å². The van der Waals surface area contributed by atoms with Crippen molar-refractivity contribution < 1.29 is 9.59 Å². The Balaban J connectivity index is 1.91. The number of carbonyl (C=O) groups is 2. The summed E-state index contributed by atoms with van der Waals surface area (Å²) in [7, 11) is 3.39. The quantitative estimate of drug-likeness (QED) is 0.625. The van der Waals surface area contributed by atoms with Gasteiger partial charge in [-0.2, -0.15) is 0 Å². The SMILES string of the molecule is CN(C)C(=O)C(SCc1ccccc1)C(=O)CSCc1ccccc1. The summed E-state index contributed by atoms with van der Waals surface area (Å²) >= 11 is 2.97. The molecule has 0 saturated heterocycles. The third-order valence-corrected chi connectivity index (χ3v) is 5.90. The van der Waals surface area contributed by atoms with Gasteiger partial charge in [0.1, 0.15) is 5.25 Å². The van der Waals surface area contributed by atoms with Gasteiger partial charge in [-0.25, -0.2) is 0 Å². The number of rotatable bonds is 9. The van der Waals surface area contributed by atoms with Crippen molar-refractivity contribution in [3.8, 4) is 0 Å². The molecule has 0 saturated carbocycles. The van der Waals surface area contributed by atoms with E-state index in [4.69, 9.17) is 0 Å². The maximum Gasteiger partial charge on any atom is 0.242 e. The first-order chi connectivity index (χ1) is 12.1. The van der Waals surface area contributed by atoms with Gasteiger partial charge in [-0.3, -0.25) is 9.59 Å². The second-order valence-corrected chi connectivity index (χ2v) is 7.93. The van der Waals surface area contributed by atoms with Gasteiger partial charge in [-0.05, 0) is 11.1 Å². The van der Waals surface area contributed by atoms with Crippen LogP contribution in [0.25, 0.3) is 0 Å². The van der Waals surface area contributed by atoms with Gasteiger partial charge in [-0.15, -0.1) is 23.5 Å². The van der Waals surface area contributed by atoms with Crippen molar-refractivity contribution in [1.29, 1.82) is 0 Å². The van der Waals surface area contributed by atoms with Crippen LogP contribution in [0.3, 0.4) is 0 Å². The molecule has 0 heterocycles. The molecule has 1 amide bonds. The largest absolute Gasteiger partial charge is 0.347 e. The van der Waals surface area contributed by atoms with Crippen LogP contribution in [-0.2, 0) is 21.1 Å². The second kappa shape index (κ2) is 10.3. The van der Waals surface area contributed by atoms with Crippen molar-refractivity contribution in [2.45, 2.75) is 16.8 Å². The molecular formula is C20H23NO2S2. The normalized spacial score (nSPS) is 11.8. The van der Waals surface area contributed by atoms with Gasteiger partial charge in [-0.1, -0.05) is 60.7 Å². The Morgan fingerprint density at radius 2 is 1.40 bits per heavy atom. The minimum absolute atomic E-state index is 0.0134. The summed E-state index contributed by atoms with van der Waals surface area (Å²) in [6.45, 7) is 0. The van der Waals surface area contributed by atoms with Crippen molar-refractivity contribution in [3.63, 3.8) is 0 Å². The monoisotopic (exact) mass is 373 g/mol. The Morgan fingerprint density at radius 3 is 1.92 bits per heavy atom. The van der Waals surface area contributed by atoms with Gasteiger partial charge in [0.25, 0.3) is 0 Å². The molecule has 2 rings (SSSR count). The number of benzene rings is 2. The lowest BCUT2D eigenvalue weighted by atomic mass is 10.2. The van der Waals surface area contributed by atoms with Crippen LogP contribution < -0.4 is 0 Å². The van der Waals surface area contributed by atoms with Crippen molar-refractivity contribution in [2.75, 3.05) is 19.8 Å². The summed E-state index contributed by atoms with van der Waals surface area (Å²) in [5.74, 6) is 1.63. The Bertz CT molecular complexity index is 675. The Morgan fingerprint density at radius 1 is 0.880 bits per heavy atom. The Kier molecular flexibility index (Phi) is 8.09. The molecule has 0 aliphatic rings. The van der Waals surface area contributed by atoms with Crippen molar-refractivity contribution >= 4 is 35.2 Å². The van der Waals surface area contributed by atoms with Gasteiger partial charge in [0.2, 0.25) is 5.91 Å². The molecule has 0 aliphatic carbocycles. The smallest absolute Gasteiger partial charge is 0.242 e. The van der Waals surface area contributed by atoms with Crippen molar-refractivity contribution in [1.82, 2.24) is 4.90 Å². The van der Waals surface area contributed by atoms with E-state index in [2.05, 4.69) is 0 Å². The first-order valence-corrected chi connectivity index (χ1v) is 10.3. The van der Waals surface area contributed by atoms with E-state index < -0.39 is 5.25 Å². The van der Waals surface area contributed by atoms with Crippen LogP contribution in [0.5, 0.6) is 0 Å². The highest BCUT2D eigenvalue weighted by molar-refractivity contribution is 8.01. The van der Waals surface area contributed by atoms with E-state index in [1.807, 2.05) is 60.7 Å². The summed E-state index contributed by atoms with van der Waals surface area (Å²) in [4.78, 5) is 26.5. The number of nitrogens with zero attached hydrogens (tertiary/aromatic N) is 1. The van der Waals surface area contributed by atoms with E-state index in [1.54, 1.807) is 25.9 Å². The van der Waals surface area contributed by atoms with Crippen molar-refractivity contribution in [2.24, 2.45) is 0 Å². The Labute approximate surface area is 158 Å². The van der Waals surface area contributed by atoms with Gasteiger partial charge in [0.05, 0.1) is 5.75 Å². The highest BCUT2D eigenvalue weighted by Crippen LogP contribution is 2.22. The Hall–Kier alpha value is -1.72. The average molecular weight is 374 g/mol. The molecule has 0 N–H and O–H groups in total.